The SMILES string of the molecule is COc1ccc2c3c1O[C@H]1C(OC(=O)[C@@H](O)CC(=O)O[C@H](C(=O)O[C@@H](CC(=O)O)C(=O)O)c4ccccc4)=CC[C@@]4(O)[C@@H](C2)N(C)CC[C@]314. The maximum atomic E-state index is 13.2. The van der Waals surface area contributed by atoms with Crippen LogP contribution in [0.5, 0.6) is 11.5 Å². The van der Waals surface area contributed by atoms with Crippen LogP contribution in [-0.4, -0.2) is 106 Å². The van der Waals surface area contributed by atoms with E-state index in [1.54, 1.807) is 18.2 Å². The number of esters is 3. The summed E-state index contributed by atoms with van der Waals surface area (Å²) < 4.78 is 27.7. The van der Waals surface area contributed by atoms with Crippen LogP contribution in [0.15, 0.2) is 54.3 Å². The molecule has 0 amide bonds. The Hall–Kier alpha value is -4.99. The predicted octanol–water partition coefficient (Wildman–Crippen LogP) is 1.02. The number of hydrogen-bond acceptors (Lipinski definition) is 13. The normalized spacial score (nSPS) is 26.5. The molecule has 2 bridgehead atoms. The number of carboxylic acids is 2. The monoisotopic (exact) mass is 681 g/mol. The molecule has 15 heteroatoms. The van der Waals surface area contributed by atoms with Gasteiger partial charge in [0, 0.05) is 23.6 Å². The summed E-state index contributed by atoms with van der Waals surface area (Å²) in [7, 11) is 3.45. The lowest BCUT2D eigenvalue weighted by atomic mass is 9.50. The Balaban J connectivity index is 1.19. The maximum absolute atomic E-state index is 13.2. The van der Waals surface area contributed by atoms with Gasteiger partial charge in [-0.1, -0.05) is 36.4 Å². The molecule has 2 heterocycles. The van der Waals surface area contributed by atoms with Crippen LogP contribution in [0.2, 0.25) is 0 Å². The van der Waals surface area contributed by atoms with Crippen LogP contribution in [0.4, 0.5) is 0 Å². The van der Waals surface area contributed by atoms with Crippen molar-refractivity contribution in [3.05, 3.63) is 71.0 Å². The molecule has 7 atom stereocenters. The van der Waals surface area contributed by atoms with Gasteiger partial charge in [0.1, 0.15) is 5.76 Å². The van der Waals surface area contributed by atoms with E-state index in [0.29, 0.717) is 30.9 Å². The summed E-state index contributed by atoms with van der Waals surface area (Å²) >= 11 is 0. The highest BCUT2D eigenvalue weighted by atomic mass is 16.6. The number of aliphatic hydroxyl groups excluding tert-OH is 1. The summed E-state index contributed by atoms with van der Waals surface area (Å²) in [6, 6.07) is 10.9. The van der Waals surface area contributed by atoms with E-state index in [4.69, 9.17) is 28.8 Å². The van der Waals surface area contributed by atoms with Crippen molar-refractivity contribution in [3.8, 4) is 11.5 Å². The zero-order chi connectivity index (χ0) is 35.2. The third-order valence-corrected chi connectivity index (χ3v) is 9.87. The number of rotatable bonds is 12. The van der Waals surface area contributed by atoms with Gasteiger partial charge >= 0.3 is 29.8 Å². The third-order valence-electron chi connectivity index (χ3n) is 9.87. The molecule has 4 aliphatic rings. The number of carbonyl (C=O) groups excluding carboxylic acids is 3. The topological polar surface area (TPSA) is 216 Å². The molecule has 0 unspecified atom stereocenters. The Morgan fingerprint density at radius 2 is 1.76 bits per heavy atom. The summed E-state index contributed by atoms with van der Waals surface area (Å²) in [6.45, 7) is 0.632. The van der Waals surface area contributed by atoms with Gasteiger partial charge in [0.2, 0.25) is 12.2 Å². The fourth-order valence-corrected chi connectivity index (χ4v) is 7.61. The number of benzene rings is 2. The molecule has 15 nitrogen and oxygen atoms in total. The number of methoxy groups -OCH3 is 1. The van der Waals surface area contributed by atoms with E-state index in [2.05, 4.69) is 4.90 Å². The molecular formula is C34H35NO14. The lowest BCUT2D eigenvalue weighted by molar-refractivity contribution is -0.181. The van der Waals surface area contributed by atoms with Crippen molar-refractivity contribution in [2.75, 3.05) is 20.7 Å². The van der Waals surface area contributed by atoms with Crippen molar-refractivity contribution < 1.29 is 68.1 Å². The van der Waals surface area contributed by atoms with Crippen molar-refractivity contribution >= 4 is 29.8 Å². The van der Waals surface area contributed by atoms with Crippen LogP contribution in [0.25, 0.3) is 0 Å². The van der Waals surface area contributed by atoms with Gasteiger partial charge in [-0.3, -0.25) is 9.59 Å². The Labute approximate surface area is 279 Å². The number of aliphatic hydroxyl groups is 2. The number of likely N-dealkylation sites (N-methyl/N-ethyl adjacent to an activating group) is 1. The first-order chi connectivity index (χ1) is 23.3. The second-order valence-corrected chi connectivity index (χ2v) is 12.6. The number of carboxylic acid groups (broad SMARTS) is 2. The minimum Gasteiger partial charge on any atom is -0.493 e. The molecule has 0 saturated carbocycles. The molecule has 2 aromatic rings. The highest BCUT2D eigenvalue weighted by Crippen LogP contribution is 2.65. The minimum absolute atomic E-state index is 0.0559. The van der Waals surface area contributed by atoms with Crippen LogP contribution in [0, 0.1) is 0 Å². The van der Waals surface area contributed by atoms with E-state index < -0.39 is 78.1 Å². The number of aliphatic carboxylic acids is 2. The average Bonchev–Trinajstić information content (AvgIpc) is 3.42. The van der Waals surface area contributed by atoms with Gasteiger partial charge in [0.25, 0.3) is 0 Å². The Kier molecular flexibility index (Phi) is 8.85. The number of piperidine rings is 1. The molecule has 1 saturated heterocycles. The van der Waals surface area contributed by atoms with Crippen LogP contribution in [-0.2, 0) is 50.0 Å². The molecule has 6 rings (SSSR count). The van der Waals surface area contributed by atoms with Gasteiger partial charge in [0.15, 0.2) is 23.7 Å². The summed E-state index contributed by atoms with van der Waals surface area (Å²) in [6.07, 6.45) is -6.20. The van der Waals surface area contributed by atoms with E-state index in [0.717, 1.165) is 11.1 Å². The number of hydrogen-bond donors (Lipinski definition) is 4. The van der Waals surface area contributed by atoms with E-state index >= 15 is 0 Å². The van der Waals surface area contributed by atoms with Gasteiger partial charge in [-0.25, -0.2) is 14.4 Å². The lowest BCUT2D eigenvalue weighted by Crippen LogP contribution is -2.74. The van der Waals surface area contributed by atoms with E-state index in [9.17, 15) is 39.3 Å². The Bertz CT molecular complexity index is 1720. The highest BCUT2D eigenvalue weighted by molar-refractivity contribution is 5.87. The van der Waals surface area contributed by atoms with Gasteiger partial charge < -0.3 is 49.0 Å². The molecule has 2 aliphatic carbocycles. The molecule has 2 aromatic carbocycles. The van der Waals surface area contributed by atoms with E-state index in [1.807, 2.05) is 13.1 Å². The van der Waals surface area contributed by atoms with Crippen molar-refractivity contribution in [2.45, 2.75) is 73.6 Å². The minimum atomic E-state index is -2.07. The van der Waals surface area contributed by atoms with Crippen molar-refractivity contribution in [1.29, 1.82) is 0 Å². The molecule has 0 radical (unpaired) electrons. The van der Waals surface area contributed by atoms with Crippen LogP contribution in [0.1, 0.15) is 48.5 Å². The second-order valence-electron chi connectivity index (χ2n) is 12.6. The number of carbonyl (C=O) groups is 5. The second kappa shape index (κ2) is 12.8. The average molecular weight is 682 g/mol. The molecule has 4 N–H and O–H groups in total. The van der Waals surface area contributed by atoms with Crippen molar-refractivity contribution in [2.24, 2.45) is 0 Å². The zero-order valence-electron chi connectivity index (χ0n) is 26.6. The smallest absolute Gasteiger partial charge is 0.353 e. The molecule has 1 fully saturated rings. The fraction of sp³-hybridized carbons (Fsp3) is 0.441. The quantitative estimate of drug-likeness (QED) is 0.182. The summed E-state index contributed by atoms with van der Waals surface area (Å²) in [5.74, 6) is -6.14. The number of ether oxygens (including phenoxy) is 5. The molecular weight excluding hydrogens is 646 g/mol. The molecule has 49 heavy (non-hydrogen) atoms. The van der Waals surface area contributed by atoms with Crippen LogP contribution < -0.4 is 9.47 Å². The zero-order valence-corrected chi connectivity index (χ0v) is 26.6. The third kappa shape index (κ3) is 5.66. The van der Waals surface area contributed by atoms with Crippen LogP contribution >= 0.6 is 0 Å². The van der Waals surface area contributed by atoms with Gasteiger partial charge in [-0.2, -0.15) is 0 Å². The summed E-state index contributed by atoms with van der Waals surface area (Å²) in [4.78, 5) is 63.7. The van der Waals surface area contributed by atoms with Gasteiger partial charge in [-0.15, -0.1) is 0 Å². The molecule has 1 spiro atoms. The Morgan fingerprint density at radius 1 is 1.02 bits per heavy atom. The lowest BCUT2D eigenvalue weighted by Gasteiger charge is -2.61. The molecule has 2 aliphatic heterocycles. The molecule has 260 valence electrons. The fourth-order valence-electron chi connectivity index (χ4n) is 7.61. The molecule has 0 aromatic heterocycles. The van der Waals surface area contributed by atoms with Crippen molar-refractivity contribution in [1.82, 2.24) is 4.90 Å². The number of nitrogens with zero attached hydrogens (tertiary/aromatic N) is 1. The largest absolute Gasteiger partial charge is 0.493 e. The Morgan fingerprint density at radius 3 is 2.43 bits per heavy atom. The first-order valence-corrected chi connectivity index (χ1v) is 15.6. The van der Waals surface area contributed by atoms with Crippen molar-refractivity contribution in [3.63, 3.8) is 0 Å². The summed E-state index contributed by atoms with van der Waals surface area (Å²) in [5.41, 5.74) is -0.388. The van der Waals surface area contributed by atoms with Crippen LogP contribution in [0.3, 0.4) is 0 Å². The van der Waals surface area contributed by atoms with Gasteiger partial charge in [0.05, 0.1) is 31.0 Å². The summed E-state index contributed by atoms with van der Waals surface area (Å²) in [5, 5.41) is 41.3. The first kappa shape index (κ1) is 33.9. The highest BCUT2D eigenvalue weighted by Gasteiger charge is 2.72. The number of likely N-dealkylation sites (tertiary alicyclic amines) is 1. The van der Waals surface area contributed by atoms with E-state index in [-0.39, 0.29) is 23.8 Å². The first-order valence-electron chi connectivity index (χ1n) is 15.6. The predicted molar refractivity (Wildman–Crippen MR) is 163 cm³/mol. The van der Waals surface area contributed by atoms with E-state index in [1.165, 1.54) is 31.4 Å². The van der Waals surface area contributed by atoms with Gasteiger partial charge in [-0.05, 0) is 44.1 Å². The standard InChI is InChI=1S/C34H35NO14/c1-35-13-12-33-26-18-8-9-20(45-2)28(26)49-29(33)21(10-11-34(33,44)23(35)14-18)46-31(42)19(36)15-25(39)48-27(17-6-4-3-5-7-17)32(43)47-22(30(40)41)16-24(37)38/h3-10,19,22-23,27,29,36,44H,11-16H2,1-2H3,(H,37,38)(H,40,41)/t19-,22-,23+,27-,29-,33-,34+/m0/s1. The maximum Gasteiger partial charge on any atom is 0.353 e.